The zero-order valence-electron chi connectivity index (χ0n) is 19.1. The van der Waals surface area contributed by atoms with Crippen LogP contribution >= 0.6 is 0 Å². The molecule has 32 heavy (non-hydrogen) atoms. The van der Waals surface area contributed by atoms with Gasteiger partial charge >= 0.3 is 0 Å². The fraction of sp³-hybridized carbons (Fsp3) is 0.333. The van der Waals surface area contributed by atoms with Crippen molar-refractivity contribution in [1.29, 1.82) is 0 Å². The molecule has 1 aromatic heterocycles. The number of carbonyl (C=O) groups excluding carboxylic acids is 1. The third-order valence-corrected chi connectivity index (χ3v) is 6.35. The molecule has 7 nitrogen and oxygen atoms in total. The fourth-order valence-electron chi connectivity index (χ4n) is 3.66. The molecule has 0 radical (unpaired) electrons. The number of hydrogen-bond acceptors (Lipinski definition) is 5. The molecular weight excluding hydrogens is 428 g/mol. The van der Waals surface area contributed by atoms with Crippen LogP contribution in [0.1, 0.15) is 49.2 Å². The Kier molecular flexibility index (Phi) is 6.20. The molecule has 0 fully saturated rings. The molecule has 1 heterocycles. The molecule has 0 spiro atoms. The number of ketones is 1. The molecule has 2 aromatic carbocycles. The number of nitrogens with one attached hydrogen (secondary N) is 1. The van der Waals surface area contributed by atoms with E-state index in [1.165, 1.54) is 23.0 Å². The second-order valence-electron chi connectivity index (χ2n) is 8.67. The van der Waals surface area contributed by atoms with E-state index in [0.29, 0.717) is 29.0 Å². The second kappa shape index (κ2) is 8.43. The van der Waals surface area contributed by atoms with E-state index in [0.717, 1.165) is 6.26 Å². The molecule has 0 aliphatic heterocycles. The third kappa shape index (κ3) is 4.41. The van der Waals surface area contributed by atoms with E-state index in [1.807, 2.05) is 27.7 Å². The van der Waals surface area contributed by atoms with Gasteiger partial charge in [-0.15, -0.1) is 0 Å². The topological polar surface area (TPSA) is 98.2 Å². The Morgan fingerprint density at radius 3 is 2.19 bits per heavy atom. The van der Waals surface area contributed by atoms with E-state index in [-0.39, 0.29) is 16.0 Å². The number of benzene rings is 2. The average molecular weight is 457 g/mol. The van der Waals surface area contributed by atoms with Crippen LogP contribution in [0.15, 0.2) is 52.3 Å². The molecule has 0 aliphatic carbocycles. The Labute approximate surface area is 187 Å². The van der Waals surface area contributed by atoms with Crippen LogP contribution in [0.3, 0.4) is 0 Å². The van der Waals surface area contributed by atoms with Crippen LogP contribution in [-0.4, -0.2) is 36.8 Å². The molecule has 8 heteroatoms. The highest BCUT2D eigenvalue weighted by atomic mass is 32.2. The Balaban J connectivity index is 2.20. The van der Waals surface area contributed by atoms with E-state index in [1.54, 1.807) is 31.2 Å². The Morgan fingerprint density at radius 2 is 1.69 bits per heavy atom. The van der Waals surface area contributed by atoms with E-state index < -0.39 is 26.7 Å². The summed E-state index contributed by atoms with van der Waals surface area (Å²) in [6.45, 7) is 9.66. The van der Waals surface area contributed by atoms with Crippen LogP contribution in [0.2, 0.25) is 0 Å². The van der Waals surface area contributed by atoms with Gasteiger partial charge in [0.25, 0.3) is 5.56 Å². The smallest absolute Gasteiger partial charge is 0.278 e. The maximum Gasteiger partial charge on any atom is 0.278 e. The van der Waals surface area contributed by atoms with Gasteiger partial charge < -0.3 is 9.84 Å². The number of aromatic nitrogens is 2. The van der Waals surface area contributed by atoms with Crippen molar-refractivity contribution in [2.75, 3.05) is 12.9 Å². The van der Waals surface area contributed by atoms with E-state index in [4.69, 9.17) is 4.74 Å². The molecule has 0 amide bonds. The lowest BCUT2D eigenvalue weighted by Crippen LogP contribution is -2.34. The van der Waals surface area contributed by atoms with Crippen LogP contribution in [0.5, 0.6) is 5.75 Å². The first kappa shape index (κ1) is 23.5. The lowest BCUT2D eigenvalue weighted by Gasteiger charge is -2.18. The lowest BCUT2D eigenvalue weighted by molar-refractivity contribution is 0.103. The van der Waals surface area contributed by atoms with Gasteiger partial charge in [0.2, 0.25) is 0 Å². The minimum atomic E-state index is -3.57. The van der Waals surface area contributed by atoms with E-state index in [9.17, 15) is 18.0 Å². The van der Waals surface area contributed by atoms with Crippen molar-refractivity contribution in [1.82, 2.24) is 9.78 Å². The quantitative estimate of drug-likeness (QED) is 0.567. The summed E-state index contributed by atoms with van der Waals surface area (Å²) in [5.41, 5.74) is 0.918. The van der Waals surface area contributed by atoms with Crippen molar-refractivity contribution in [3.05, 3.63) is 69.6 Å². The number of ether oxygens (including phenoxy) is 1. The van der Waals surface area contributed by atoms with Crippen molar-refractivity contribution in [2.45, 2.75) is 45.1 Å². The summed E-state index contributed by atoms with van der Waals surface area (Å²) >= 11 is 0. The molecule has 0 unspecified atom stereocenters. The van der Waals surface area contributed by atoms with Crippen LogP contribution < -0.4 is 10.3 Å². The molecular formula is C24H28N2O5S. The van der Waals surface area contributed by atoms with Crippen LogP contribution in [0.4, 0.5) is 0 Å². The highest BCUT2D eigenvalue weighted by Crippen LogP contribution is 2.34. The van der Waals surface area contributed by atoms with Gasteiger partial charge in [0, 0.05) is 23.6 Å². The highest BCUT2D eigenvalue weighted by Gasteiger charge is 2.26. The van der Waals surface area contributed by atoms with Crippen LogP contribution in [0, 0.1) is 6.92 Å². The van der Waals surface area contributed by atoms with Gasteiger partial charge in [0.15, 0.2) is 15.6 Å². The monoisotopic (exact) mass is 456 g/mol. The number of rotatable bonds is 6. The predicted molar refractivity (Wildman–Crippen MR) is 124 cm³/mol. The maximum atomic E-state index is 13.3. The van der Waals surface area contributed by atoms with Crippen LogP contribution in [-0.2, 0) is 15.4 Å². The van der Waals surface area contributed by atoms with Crippen molar-refractivity contribution in [2.24, 2.45) is 0 Å². The highest BCUT2D eigenvalue weighted by molar-refractivity contribution is 7.90. The average Bonchev–Trinajstić information content (AvgIpc) is 3.09. The van der Waals surface area contributed by atoms with Gasteiger partial charge in [0.1, 0.15) is 11.3 Å². The van der Waals surface area contributed by atoms with Crippen molar-refractivity contribution in [3.8, 4) is 16.9 Å². The summed E-state index contributed by atoms with van der Waals surface area (Å²) in [5.74, 6) is 0.205. The molecule has 0 saturated heterocycles. The standard InChI is InChI=1S/C24H28N2O5S/c1-7-31-17-10-8-16(9-11-17)21-15(2)18(12-13-20(21)32(6,29)30)22(27)19-14-25-26(23(19)28)24(3,4)5/h8-14,25H,7H2,1-6H3. The Morgan fingerprint density at radius 1 is 1.06 bits per heavy atom. The summed E-state index contributed by atoms with van der Waals surface area (Å²) in [4.78, 5) is 26.3. The third-order valence-electron chi connectivity index (χ3n) is 5.21. The molecule has 0 atom stereocenters. The van der Waals surface area contributed by atoms with Gasteiger partial charge in [-0.2, -0.15) is 0 Å². The molecule has 0 saturated carbocycles. The maximum absolute atomic E-state index is 13.3. The normalized spacial score (nSPS) is 12.1. The number of aromatic amines is 1. The first-order valence-electron chi connectivity index (χ1n) is 10.3. The first-order chi connectivity index (χ1) is 14.9. The largest absolute Gasteiger partial charge is 0.494 e. The van der Waals surface area contributed by atoms with Gasteiger partial charge in [0.05, 0.1) is 17.0 Å². The Bertz CT molecular complexity index is 1320. The zero-order chi connectivity index (χ0) is 23.8. The number of carbonyl (C=O) groups is 1. The summed E-state index contributed by atoms with van der Waals surface area (Å²) in [6.07, 6.45) is 2.53. The van der Waals surface area contributed by atoms with Gasteiger partial charge in [-0.3, -0.25) is 9.59 Å². The molecule has 3 aromatic rings. The molecule has 3 rings (SSSR count). The lowest BCUT2D eigenvalue weighted by atomic mass is 9.93. The van der Waals surface area contributed by atoms with E-state index in [2.05, 4.69) is 5.10 Å². The van der Waals surface area contributed by atoms with Gasteiger partial charge in [-0.25, -0.2) is 13.1 Å². The minimum absolute atomic E-state index is 0.00720. The van der Waals surface area contributed by atoms with E-state index >= 15 is 0 Å². The number of nitrogens with zero attached hydrogens (tertiary/aromatic N) is 1. The molecule has 0 aliphatic rings. The molecule has 170 valence electrons. The number of hydrogen-bond donors (Lipinski definition) is 1. The van der Waals surface area contributed by atoms with Crippen molar-refractivity contribution in [3.63, 3.8) is 0 Å². The van der Waals surface area contributed by atoms with Crippen molar-refractivity contribution < 1.29 is 17.9 Å². The summed E-state index contributed by atoms with van der Waals surface area (Å²) < 4.78 is 31.9. The number of H-pyrrole nitrogens is 1. The van der Waals surface area contributed by atoms with Gasteiger partial charge in [-0.05, 0) is 70.0 Å². The number of sulfone groups is 1. The minimum Gasteiger partial charge on any atom is -0.494 e. The first-order valence-corrected chi connectivity index (χ1v) is 12.2. The Hall–Kier alpha value is -3.13. The summed E-state index contributed by atoms with van der Waals surface area (Å²) in [5, 5.41) is 2.86. The SMILES string of the molecule is CCOc1ccc(-c2c(S(C)(=O)=O)ccc(C(=O)c3c[nH]n(C(C)(C)C)c3=O)c2C)cc1. The zero-order valence-corrected chi connectivity index (χ0v) is 20.0. The fourth-order valence-corrected chi connectivity index (χ4v) is 4.62. The van der Waals surface area contributed by atoms with Crippen LogP contribution in [0.25, 0.3) is 11.1 Å². The molecule has 1 N–H and O–H groups in total. The predicted octanol–water partition coefficient (Wildman–Crippen LogP) is 3.94. The van der Waals surface area contributed by atoms with Crippen molar-refractivity contribution >= 4 is 15.6 Å². The second-order valence-corrected chi connectivity index (χ2v) is 10.7. The molecule has 0 bridgehead atoms. The summed E-state index contributed by atoms with van der Waals surface area (Å²) in [6, 6.07) is 9.94. The summed E-state index contributed by atoms with van der Waals surface area (Å²) in [7, 11) is -3.57. The van der Waals surface area contributed by atoms with Gasteiger partial charge in [-0.1, -0.05) is 12.1 Å².